The van der Waals surface area contributed by atoms with E-state index in [1.807, 2.05) is 12.1 Å². The summed E-state index contributed by atoms with van der Waals surface area (Å²) in [5, 5.41) is 2.79. The maximum atomic E-state index is 13.7. The van der Waals surface area contributed by atoms with E-state index in [2.05, 4.69) is 17.1 Å². The van der Waals surface area contributed by atoms with Crippen molar-refractivity contribution >= 4 is 5.91 Å². The first kappa shape index (κ1) is 18.4. The van der Waals surface area contributed by atoms with Crippen molar-refractivity contribution in [2.45, 2.75) is 32.9 Å². The number of hydrogen-bond acceptors (Lipinski definition) is 3. The van der Waals surface area contributed by atoms with Crippen LogP contribution in [0.2, 0.25) is 0 Å². The molecule has 1 aliphatic rings. The highest BCUT2D eigenvalue weighted by atomic mass is 19.1. The van der Waals surface area contributed by atoms with E-state index in [1.165, 1.54) is 6.07 Å². The van der Waals surface area contributed by atoms with Crippen molar-refractivity contribution in [1.82, 2.24) is 10.2 Å². The molecule has 0 bridgehead atoms. The van der Waals surface area contributed by atoms with Gasteiger partial charge >= 0.3 is 0 Å². The molecular weight excluding hydrogens is 331 g/mol. The van der Waals surface area contributed by atoms with Crippen molar-refractivity contribution < 1.29 is 13.9 Å². The Hall–Kier alpha value is -2.40. The molecule has 0 aromatic heterocycles. The fraction of sp³-hybridized carbons (Fsp3) is 0.381. The van der Waals surface area contributed by atoms with Crippen LogP contribution >= 0.6 is 0 Å². The Bertz CT molecular complexity index is 761. The minimum Gasteiger partial charge on any atom is -0.492 e. The van der Waals surface area contributed by atoms with Crippen LogP contribution in [0, 0.1) is 5.82 Å². The van der Waals surface area contributed by atoms with Gasteiger partial charge < -0.3 is 10.1 Å². The smallest absolute Gasteiger partial charge is 0.251 e. The maximum absolute atomic E-state index is 13.7. The molecule has 1 heterocycles. The number of halogens is 1. The molecule has 0 fully saturated rings. The molecule has 1 N–H and O–H groups in total. The molecule has 5 heteroatoms. The molecule has 0 spiro atoms. The maximum Gasteiger partial charge on any atom is 0.251 e. The number of benzene rings is 2. The van der Waals surface area contributed by atoms with Gasteiger partial charge in [-0.05, 0) is 37.2 Å². The molecule has 0 radical (unpaired) electrons. The van der Waals surface area contributed by atoms with Crippen LogP contribution in [-0.2, 0) is 13.1 Å². The van der Waals surface area contributed by atoms with Gasteiger partial charge in [-0.25, -0.2) is 4.39 Å². The predicted molar refractivity (Wildman–Crippen MR) is 99.7 cm³/mol. The third-order valence-electron chi connectivity index (χ3n) is 4.61. The normalized spacial score (nSPS) is 14.2. The van der Waals surface area contributed by atoms with Gasteiger partial charge in [0.05, 0.1) is 0 Å². The van der Waals surface area contributed by atoms with E-state index in [4.69, 9.17) is 4.74 Å². The molecule has 1 aliphatic heterocycles. The highest BCUT2D eigenvalue weighted by Gasteiger charge is 2.17. The number of rotatable bonds is 6. The van der Waals surface area contributed by atoms with Crippen LogP contribution < -0.4 is 10.1 Å². The van der Waals surface area contributed by atoms with E-state index in [1.54, 1.807) is 24.3 Å². The van der Waals surface area contributed by atoms with Gasteiger partial charge in [0, 0.05) is 36.3 Å². The molecule has 3 rings (SSSR count). The number of fused-ring (bicyclic) bond motifs is 1. The Morgan fingerprint density at radius 2 is 2.12 bits per heavy atom. The zero-order valence-electron chi connectivity index (χ0n) is 15.1. The van der Waals surface area contributed by atoms with E-state index in [-0.39, 0.29) is 18.3 Å². The third-order valence-corrected chi connectivity index (χ3v) is 4.61. The summed E-state index contributed by atoms with van der Waals surface area (Å²) in [6, 6.07) is 12.0. The van der Waals surface area contributed by atoms with Crippen LogP contribution in [0.25, 0.3) is 0 Å². The number of nitrogens with one attached hydrogen (secondary N) is 1. The van der Waals surface area contributed by atoms with Gasteiger partial charge in [0.2, 0.25) is 0 Å². The summed E-state index contributed by atoms with van der Waals surface area (Å²) in [5.74, 6) is 0.324. The van der Waals surface area contributed by atoms with Crippen molar-refractivity contribution in [3.63, 3.8) is 0 Å². The summed E-state index contributed by atoms with van der Waals surface area (Å²) >= 11 is 0. The number of ether oxygens (including phenoxy) is 1. The number of carbonyl (C=O) groups is 1. The van der Waals surface area contributed by atoms with E-state index >= 15 is 0 Å². The standard InChI is InChI=1S/C21H25FN2O2/c1-2-3-10-24-11-12-26-20-9-8-16(13-18(20)15-24)21(25)23-14-17-6-4-5-7-19(17)22/h4-9,13H,2-3,10-12,14-15H2,1H3,(H,23,25). The van der Waals surface area contributed by atoms with Gasteiger partial charge in [-0.2, -0.15) is 0 Å². The number of unbranched alkanes of at least 4 members (excludes halogenated alkanes) is 1. The lowest BCUT2D eigenvalue weighted by atomic mass is 10.1. The second kappa shape index (κ2) is 8.81. The van der Waals surface area contributed by atoms with Gasteiger partial charge in [0.25, 0.3) is 5.91 Å². The second-order valence-corrected chi connectivity index (χ2v) is 6.57. The zero-order chi connectivity index (χ0) is 18.4. The minimum atomic E-state index is -0.310. The van der Waals surface area contributed by atoms with Crippen molar-refractivity contribution in [1.29, 1.82) is 0 Å². The molecule has 0 aliphatic carbocycles. The van der Waals surface area contributed by atoms with Crippen LogP contribution in [0.4, 0.5) is 4.39 Å². The molecular formula is C21H25FN2O2. The molecule has 2 aromatic rings. The summed E-state index contributed by atoms with van der Waals surface area (Å²) in [6.45, 7) is 5.72. The van der Waals surface area contributed by atoms with Gasteiger partial charge in [-0.3, -0.25) is 9.69 Å². The van der Waals surface area contributed by atoms with Crippen molar-refractivity contribution in [3.8, 4) is 5.75 Å². The molecule has 0 atom stereocenters. The monoisotopic (exact) mass is 356 g/mol. The molecule has 4 nitrogen and oxygen atoms in total. The van der Waals surface area contributed by atoms with Crippen LogP contribution in [0.5, 0.6) is 5.75 Å². The zero-order valence-corrected chi connectivity index (χ0v) is 15.1. The third kappa shape index (κ3) is 4.61. The highest BCUT2D eigenvalue weighted by molar-refractivity contribution is 5.94. The summed E-state index contributed by atoms with van der Waals surface area (Å²) < 4.78 is 19.5. The summed E-state index contributed by atoms with van der Waals surface area (Å²) in [5.41, 5.74) is 2.07. The lowest BCUT2D eigenvalue weighted by Gasteiger charge is -2.18. The molecule has 0 saturated heterocycles. The minimum absolute atomic E-state index is 0.168. The van der Waals surface area contributed by atoms with Crippen LogP contribution in [0.15, 0.2) is 42.5 Å². The summed E-state index contributed by atoms with van der Waals surface area (Å²) in [6.07, 6.45) is 2.31. The van der Waals surface area contributed by atoms with E-state index in [0.29, 0.717) is 17.7 Å². The summed E-state index contributed by atoms with van der Waals surface area (Å²) in [4.78, 5) is 14.8. The Balaban J connectivity index is 1.68. The van der Waals surface area contributed by atoms with E-state index in [0.717, 1.165) is 43.8 Å². The summed E-state index contributed by atoms with van der Waals surface area (Å²) in [7, 11) is 0. The van der Waals surface area contributed by atoms with Crippen LogP contribution in [0.1, 0.15) is 41.3 Å². The average Bonchev–Trinajstić information content (AvgIpc) is 2.86. The molecule has 0 saturated carbocycles. The number of amides is 1. The van der Waals surface area contributed by atoms with E-state index in [9.17, 15) is 9.18 Å². The Morgan fingerprint density at radius 1 is 1.27 bits per heavy atom. The molecule has 26 heavy (non-hydrogen) atoms. The Morgan fingerprint density at radius 3 is 2.92 bits per heavy atom. The lowest BCUT2D eigenvalue weighted by Crippen LogP contribution is -2.27. The van der Waals surface area contributed by atoms with Gasteiger partial charge in [0.1, 0.15) is 18.2 Å². The highest BCUT2D eigenvalue weighted by Crippen LogP contribution is 2.24. The topological polar surface area (TPSA) is 41.6 Å². The van der Waals surface area contributed by atoms with Crippen LogP contribution in [-0.4, -0.2) is 30.5 Å². The Kier molecular flexibility index (Phi) is 6.23. The SMILES string of the molecule is CCCCN1CCOc2ccc(C(=O)NCc3ccccc3F)cc2C1. The quantitative estimate of drug-likeness (QED) is 0.857. The second-order valence-electron chi connectivity index (χ2n) is 6.57. The fourth-order valence-corrected chi connectivity index (χ4v) is 3.08. The van der Waals surface area contributed by atoms with Gasteiger partial charge in [0.15, 0.2) is 0 Å². The number of hydrogen-bond donors (Lipinski definition) is 1. The number of nitrogens with zero attached hydrogens (tertiary/aromatic N) is 1. The predicted octanol–water partition coefficient (Wildman–Crippen LogP) is 3.75. The molecule has 2 aromatic carbocycles. The molecule has 138 valence electrons. The fourth-order valence-electron chi connectivity index (χ4n) is 3.08. The molecule has 1 amide bonds. The number of carbonyl (C=O) groups excluding carboxylic acids is 1. The van der Waals surface area contributed by atoms with Crippen LogP contribution in [0.3, 0.4) is 0 Å². The average molecular weight is 356 g/mol. The van der Waals surface area contributed by atoms with Crippen molar-refractivity contribution in [3.05, 3.63) is 65.0 Å². The first-order valence-electron chi connectivity index (χ1n) is 9.17. The first-order chi connectivity index (χ1) is 12.7. The lowest BCUT2D eigenvalue weighted by molar-refractivity contribution is 0.0950. The van der Waals surface area contributed by atoms with E-state index < -0.39 is 0 Å². The van der Waals surface area contributed by atoms with Gasteiger partial charge in [-0.15, -0.1) is 0 Å². The first-order valence-corrected chi connectivity index (χ1v) is 9.17. The van der Waals surface area contributed by atoms with Gasteiger partial charge in [-0.1, -0.05) is 31.5 Å². The van der Waals surface area contributed by atoms with Crippen molar-refractivity contribution in [2.75, 3.05) is 19.7 Å². The van der Waals surface area contributed by atoms with Crippen molar-refractivity contribution in [2.24, 2.45) is 0 Å². The molecule has 0 unspecified atom stereocenters. The Labute approximate surface area is 154 Å². The largest absolute Gasteiger partial charge is 0.492 e.